The van der Waals surface area contributed by atoms with Gasteiger partial charge in [-0.25, -0.2) is 0 Å². The van der Waals surface area contributed by atoms with Crippen LogP contribution in [0.3, 0.4) is 0 Å². The van der Waals surface area contributed by atoms with Crippen molar-refractivity contribution in [3.8, 4) is 34.5 Å². The lowest BCUT2D eigenvalue weighted by Gasteiger charge is -2.21. The Hall–Kier alpha value is -3.92. The Bertz CT molecular complexity index is 1090. The molecular weight excluding hydrogens is 548 g/mol. The Balaban J connectivity index is 0.00000138. The zero-order valence-electron chi connectivity index (χ0n) is 24.6. The maximum absolute atomic E-state index is 8.44. The third-order valence-electron chi connectivity index (χ3n) is 5.20. The van der Waals surface area contributed by atoms with Crippen LogP contribution in [0.5, 0.6) is 34.5 Å². The van der Waals surface area contributed by atoms with Crippen molar-refractivity contribution in [2.75, 3.05) is 39.6 Å². The molecule has 41 heavy (non-hydrogen) atoms. The van der Waals surface area contributed by atoms with Gasteiger partial charge < -0.3 is 43.4 Å². The number of carbonyl (C=O) groups is 1. The first-order valence-electron chi connectivity index (χ1n) is 13.7. The van der Waals surface area contributed by atoms with Crippen LogP contribution in [0.4, 0.5) is 4.79 Å². The molecule has 9 nitrogen and oxygen atoms in total. The zero-order chi connectivity index (χ0) is 30.2. The van der Waals surface area contributed by atoms with Gasteiger partial charge in [0.15, 0.2) is 27.9 Å². The van der Waals surface area contributed by atoms with Crippen molar-refractivity contribution in [3.05, 3.63) is 54.6 Å². The standard InChI is InChI=1S/C30H39O6S.CH2O3/c1-7-31-22-18-25(33-9-3)29(26(19-22)34-10-4)37(24-16-14-13-15-17-24)30-27(35-11-5)20-23(32-8-2)21-28(30)36-12-6;2-1(3)4/h13-21H,7-12H2,1-6H3;(H2,2,3,4)/q+1;/p-1. The van der Waals surface area contributed by atoms with Crippen molar-refractivity contribution < 1.29 is 43.4 Å². The lowest BCUT2D eigenvalue weighted by Crippen LogP contribution is -2.17. The smallest absolute Gasteiger partial charge is 0.250 e. The highest BCUT2D eigenvalue weighted by Crippen LogP contribution is 2.51. The minimum atomic E-state index is -2.08. The molecule has 0 spiro atoms. The molecule has 0 aromatic heterocycles. The number of ether oxygens (including phenoxy) is 6. The maximum Gasteiger partial charge on any atom is 0.250 e. The van der Waals surface area contributed by atoms with E-state index in [2.05, 4.69) is 12.1 Å². The molecule has 0 aliphatic carbocycles. The molecule has 0 radical (unpaired) electrons. The number of carboxylic acid groups (broad SMARTS) is 2. The van der Waals surface area contributed by atoms with E-state index in [1.54, 1.807) is 0 Å². The lowest BCUT2D eigenvalue weighted by molar-refractivity contribution is -0.275. The summed E-state index contributed by atoms with van der Waals surface area (Å²) in [4.78, 5) is 11.4. The van der Waals surface area contributed by atoms with Gasteiger partial charge in [-0.2, -0.15) is 0 Å². The molecule has 0 bridgehead atoms. The molecule has 10 heteroatoms. The summed E-state index contributed by atoms with van der Waals surface area (Å²) >= 11 is 0. The summed E-state index contributed by atoms with van der Waals surface area (Å²) in [5, 5.41) is 15.3. The summed E-state index contributed by atoms with van der Waals surface area (Å²) in [5.74, 6) is 4.25. The van der Waals surface area contributed by atoms with Gasteiger partial charge >= 0.3 is 0 Å². The Morgan fingerprint density at radius 3 is 1.17 bits per heavy atom. The van der Waals surface area contributed by atoms with Crippen LogP contribution < -0.4 is 33.5 Å². The highest BCUT2D eigenvalue weighted by Gasteiger charge is 2.42. The predicted octanol–water partition coefficient (Wildman–Crippen LogP) is 6.06. The van der Waals surface area contributed by atoms with E-state index in [9.17, 15) is 0 Å². The van der Waals surface area contributed by atoms with Crippen molar-refractivity contribution >= 4 is 17.1 Å². The second kappa shape index (κ2) is 17.7. The zero-order valence-corrected chi connectivity index (χ0v) is 25.4. The van der Waals surface area contributed by atoms with E-state index in [1.165, 1.54) is 0 Å². The average Bonchev–Trinajstić information content (AvgIpc) is 2.93. The van der Waals surface area contributed by atoms with Gasteiger partial charge in [0, 0.05) is 24.3 Å². The van der Waals surface area contributed by atoms with Crippen LogP contribution >= 0.6 is 0 Å². The van der Waals surface area contributed by atoms with Gasteiger partial charge in [0.1, 0.15) is 22.4 Å². The fourth-order valence-corrected chi connectivity index (χ4v) is 6.33. The summed E-state index contributed by atoms with van der Waals surface area (Å²) in [6, 6.07) is 18.1. The molecule has 0 fully saturated rings. The third kappa shape index (κ3) is 9.60. The molecule has 3 rings (SSSR count). The Morgan fingerprint density at radius 1 is 0.610 bits per heavy atom. The van der Waals surface area contributed by atoms with Crippen molar-refractivity contribution in [2.45, 2.75) is 56.2 Å². The minimum absolute atomic E-state index is 0.500. The molecule has 1 N–H and O–H groups in total. The van der Waals surface area contributed by atoms with Gasteiger partial charge in [-0.15, -0.1) is 0 Å². The van der Waals surface area contributed by atoms with Crippen LogP contribution in [0.1, 0.15) is 41.5 Å². The summed E-state index contributed by atoms with van der Waals surface area (Å²) in [5.41, 5.74) is 0. The third-order valence-corrected chi connectivity index (χ3v) is 7.56. The van der Waals surface area contributed by atoms with Crippen LogP contribution in [-0.2, 0) is 10.9 Å². The summed E-state index contributed by atoms with van der Waals surface area (Å²) in [6.07, 6.45) is -2.08. The monoisotopic (exact) mass is 588 g/mol. The first kappa shape index (κ1) is 33.3. The van der Waals surface area contributed by atoms with Crippen molar-refractivity contribution in [3.63, 3.8) is 0 Å². The molecule has 0 aliphatic heterocycles. The van der Waals surface area contributed by atoms with Crippen molar-refractivity contribution in [1.82, 2.24) is 0 Å². The minimum Gasteiger partial charge on any atom is -0.565 e. The second-order valence-corrected chi connectivity index (χ2v) is 9.88. The Morgan fingerprint density at radius 2 is 0.902 bits per heavy atom. The highest BCUT2D eigenvalue weighted by atomic mass is 32.2. The largest absolute Gasteiger partial charge is 0.565 e. The fraction of sp³-hybridized carbons (Fsp3) is 0.387. The molecule has 0 heterocycles. The van der Waals surface area contributed by atoms with Crippen LogP contribution in [0.15, 0.2) is 69.3 Å². The van der Waals surface area contributed by atoms with E-state index in [-0.39, 0.29) is 0 Å². The lowest BCUT2D eigenvalue weighted by atomic mass is 10.3. The molecule has 0 amide bonds. The fourth-order valence-electron chi connectivity index (χ4n) is 3.95. The van der Waals surface area contributed by atoms with E-state index in [1.807, 2.05) is 84.0 Å². The van der Waals surface area contributed by atoms with Crippen molar-refractivity contribution in [2.24, 2.45) is 0 Å². The Labute approximate surface area is 245 Å². The van der Waals surface area contributed by atoms with Gasteiger partial charge in [0.2, 0.25) is 6.16 Å². The normalized spacial score (nSPS) is 10.3. The summed E-state index contributed by atoms with van der Waals surface area (Å²) in [6.45, 7) is 14.9. The van der Waals surface area contributed by atoms with E-state index >= 15 is 0 Å². The second-order valence-electron chi connectivity index (χ2n) is 7.98. The quantitative estimate of drug-likeness (QED) is 0.211. The first-order valence-corrected chi connectivity index (χ1v) is 14.9. The highest BCUT2D eigenvalue weighted by molar-refractivity contribution is 7.97. The Kier molecular flexibility index (Phi) is 14.4. The van der Waals surface area contributed by atoms with Gasteiger partial charge in [-0.1, -0.05) is 18.2 Å². The first-order chi connectivity index (χ1) is 19.8. The van der Waals surface area contributed by atoms with Gasteiger partial charge in [-0.05, 0) is 53.7 Å². The maximum atomic E-state index is 8.44. The molecule has 3 aromatic rings. The van der Waals surface area contributed by atoms with E-state index < -0.39 is 17.1 Å². The predicted molar refractivity (Wildman–Crippen MR) is 157 cm³/mol. The molecule has 0 atom stereocenters. The van der Waals surface area contributed by atoms with Crippen LogP contribution in [0, 0.1) is 0 Å². The van der Waals surface area contributed by atoms with E-state index in [4.69, 9.17) is 43.4 Å². The summed E-state index contributed by atoms with van der Waals surface area (Å²) in [7, 11) is -0.702. The number of hydrogen-bond donors (Lipinski definition) is 1. The van der Waals surface area contributed by atoms with Gasteiger partial charge in [0.25, 0.3) is 9.79 Å². The molecule has 0 aliphatic rings. The van der Waals surface area contributed by atoms with Gasteiger partial charge in [-0.3, -0.25) is 0 Å². The number of hydrogen-bond acceptors (Lipinski definition) is 8. The molecule has 224 valence electrons. The van der Waals surface area contributed by atoms with Crippen LogP contribution in [0.2, 0.25) is 0 Å². The van der Waals surface area contributed by atoms with E-state index in [0.717, 1.165) is 14.7 Å². The topological polar surface area (TPSA) is 116 Å². The van der Waals surface area contributed by atoms with Gasteiger partial charge in [0.05, 0.1) is 39.6 Å². The molecule has 0 saturated heterocycles. The average molecular weight is 589 g/mol. The summed E-state index contributed by atoms with van der Waals surface area (Å²) < 4.78 is 36.7. The number of rotatable bonds is 15. The molecule has 3 aromatic carbocycles. The van der Waals surface area contributed by atoms with Crippen LogP contribution in [0.25, 0.3) is 0 Å². The molecular formula is C31H40O9S. The molecule has 0 saturated carbocycles. The van der Waals surface area contributed by atoms with Crippen molar-refractivity contribution in [1.29, 1.82) is 0 Å². The molecule has 0 unspecified atom stereocenters. The SMILES string of the molecule is CCOc1cc(OCC)c([S+](c2ccccc2)c2c(OCC)cc(OCC)cc2OCC)c(OCC)c1.O=C([O-])O. The van der Waals surface area contributed by atoms with E-state index in [0.29, 0.717) is 74.1 Å². The number of benzene rings is 3. The van der Waals surface area contributed by atoms with Crippen LogP contribution in [-0.4, -0.2) is 50.9 Å².